The van der Waals surface area contributed by atoms with Crippen LogP contribution in [0.25, 0.3) is 0 Å². The molecule has 0 spiro atoms. The Labute approximate surface area is 262 Å². The Hall–Kier alpha value is -1.58. The standard InChI is InChI=1S/C38H72N2O2/c1-4-7-9-11-13-15-17-19-21-23-25-27-29-31-33-35-37(41)40-36(38(42)39-6-3)34-32-30-28-26-24-22-20-18-16-14-12-10-8-5-2/h19-22,36H,4-18,23-35H2,1-3H3,(H,39,42)(H,40,41)/b21-19-,22-20-. The van der Waals surface area contributed by atoms with Gasteiger partial charge in [0.15, 0.2) is 0 Å². The highest BCUT2D eigenvalue weighted by atomic mass is 16.2. The number of amides is 2. The minimum atomic E-state index is -0.391. The fraction of sp³-hybridized carbons (Fsp3) is 0.842. The lowest BCUT2D eigenvalue weighted by Crippen LogP contribution is -2.46. The van der Waals surface area contributed by atoms with E-state index in [0.29, 0.717) is 13.0 Å². The number of carbonyl (C=O) groups is 2. The molecule has 2 N–H and O–H groups in total. The molecule has 0 aromatic carbocycles. The number of nitrogens with one attached hydrogen (secondary N) is 2. The van der Waals surface area contributed by atoms with E-state index in [1.54, 1.807) is 0 Å². The van der Waals surface area contributed by atoms with Crippen molar-refractivity contribution in [2.24, 2.45) is 0 Å². The Balaban J connectivity index is 3.83. The summed E-state index contributed by atoms with van der Waals surface area (Å²) in [4.78, 5) is 25.1. The Morgan fingerprint density at radius 1 is 0.500 bits per heavy atom. The highest BCUT2D eigenvalue weighted by molar-refractivity contribution is 5.87. The summed E-state index contributed by atoms with van der Waals surface area (Å²) < 4.78 is 0. The third kappa shape index (κ3) is 29.9. The quantitative estimate of drug-likeness (QED) is 0.0606. The molecule has 0 radical (unpaired) electrons. The lowest BCUT2D eigenvalue weighted by atomic mass is 10.0. The Morgan fingerprint density at radius 2 is 0.881 bits per heavy atom. The summed E-state index contributed by atoms with van der Waals surface area (Å²) in [6.45, 7) is 7.07. The molecule has 0 aliphatic heterocycles. The van der Waals surface area contributed by atoms with Gasteiger partial charge < -0.3 is 10.6 Å². The first kappa shape index (κ1) is 40.4. The van der Waals surface area contributed by atoms with Crippen molar-refractivity contribution < 1.29 is 9.59 Å². The molecule has 0 aliphatic rings. The van der Waals surface area contributed by atoms with E-state index in [1.165, 1.54) is 128 Å². The third-order valence-corrected chi connectivity index (χ3v) is 8.17. The first-order valence-corrected chi connectivity index (χ1v) is 18.5. The number of hydrogen-bond donors (Lipinski definition) is 2. The summed E-state index contributed by atoms with van der Waals surface area (Å²) in [5.41, 5.74) is 0. The van der Waals surface area contributed by atoms with Crippen molar-refractivity contribution in [3.8, 4) is 0 Å². The molecule has 4 nitrogen and oxygen atoms in total. The van der Waals surface area contributed by atoms with E-state index in [2.05, 4.69) is 48.8 Å². The van der Waals surface area contributed by atoms with Gasteiger partial charge in [0.25, 0.3) is 0 Å². The second-order valence-electron chi connectivity index (χ2n) is 12.4. The fourth-order valence-corrected chi connectivity index (χ4v) is 5.43. The molecule has 2 amide bonds. The van der Waals surface area contributed by atoms with Crippen LogP contribution in [0.5, 0.6) is 0 Å². The molecule has 0 saturated heterocycles. The lowest BCUT2D eigenvalue weighted by Gasteiger charge is -2.18. The van der Waals surface area contributed by atoms with Gasteiger partial charge in [-0.1, -0.05) is 141 Å². The van der Waals surface area contributed by atoms with Gasteiger partial charge in [-0.05, 0) is 71.1 Å². The molecule has 0 aromatic heterocycles. The maximum Gasteiger partial charge on any atom is 0.242 e. The zero-order valence-electron chi connectivity index (χ0n) is 28.5. The van der Waals surface area contributed by atoms with Crippen LogP contribution < -0.4 is 10.6 Å². The Kier molecular flexibility index (Phi) is 32.6. The van der Waals surface area contributed by atoms with E-state index in [1.807, 2.05) is 6.92 Å². The van der Waals surface area contributed by atoms with Gasteiger partial charge in [0, 0.05) is 13.0 Å². The van der Waals surface area contributed by atoms with Crippen LogP contribution in [-0.2, 0) is 9.59 Å². The fourth-order valence-electron chi connectivity index (χ4n) is 5.43. The van der Waals surface area contributed by atoms with Gasteiger partial charge in [-0.15, -0.1) is 0 Å². The third-order valence-electron chi connectivity index (χ3n) is 8.17. The molecule has 0 aliphatic carbocycles. The zero-order chi connectivity index (χ0) is 30.8. The summed E-state index contributed by atoms with van der Waals surface area (Å²) in [5, 5.41) is 5.93. The van der Waals surface area contributed by atoms with Crippen molar-refractivity contribution in [3.63, 3.8) is 0 Å². The largest absolute Gasteiger partial charge is 0.355 e. The van der Waals surface area contributed by atoms with Crippen molar-refractivity contribution in [1.29, 1.82) is 0 Å². The summed E-state index contributed by atoms with van der Waals surface area (Å²) in [5.74, 6) is -0.00703. The number of unbranched alkanes of at least 4 members (excludes halogenated alkanes) is 21. The van der Waals surface area contributed by atoms with Crippen LogP contribution in [0.3, 0.4) is 0 Å². The Morgan fingerprint density at radius 3 is 1.31 bits per heavy atom. The van der Waals surface area contributed by atoms with Gasteiger partial charge in [-0.2, -0.15) is 0 Å². The minimum absolute atomic E-state index is 0.0272. The van der Waals surface area contributed by atoms with Gasteiger partial charge in [-0.25, -0.2) is 0 Å². The molecule has 0 aromatic rings. The summed E-state index contributed by atoms with van der Waals surface area (Å²) >= 11 is 0. The number of likely N-dealkylation sites (N-methyl/N-ethyl adjacent to an activating group) is 1. The van der Waals surface area contributed by atoms with Gasteiger partial charge in [0.1, 0.15) is 6.04 Å². The second kappa shape index (κ2) is 33.9. The van der Waals surface area contributed by atoms with E-state index in [4.69, 9.17) is 0 Å². The average molecular weight is 589 g/mol. The van der Waals surface area contributed by atoms with Crippen molar-refractivity contribution >= 4 is 11.8 Å². The minimum Gasteiger partial charge on any atom is -0.355 e. The number of rotatable bonds is 32. The van der Waals surface area contributed by atoms with Crippen molar-refractivity contribution in [3.05, 3.63) is 24.3 Å². The first-order chi connectivity index (χ1) is 20.7. The molecule has 1 atom stereocenters. The van der Waals surface area contributed by atoms with Crippen molar-refractivity contribution in [1.82, 2.24) is 10.6 Å². The van der Waals surface area contributed by atoms with Crippen LogP contribution in [-0.4, -0.2) is 24.4 Å². The van der Waals surface area contributed by atoms with Gasteiger partial charge in [-0.3, -0.25) is 9.59 Å². The topological polar surface area (TPSA) is 58.2 Å². The van der Waals surface area contributed by atoms with E-state index in [-0.39, 0.29) is 11.8 Å². The molecule has 0 saturated carbocycles. The van der Waals surface area contributed by atoms with Gasteiger partial charge in [0.2, 0.25) is 11.8 Å². The monoisotopic (exact) mass is 589 g/mol. The predicted octanol–water partition coefficient (Wildman–Crippen LogP) is 11.3. The zero-order valence-corrected chi connectivity index (χ0v) is 28.5. The predicted molar refractivity (Wildman–Crippen MR) is 185 cm³/mol. The van der Waals surface area contributed by atoms with Crippen LogP contribution in [0.2, 0.25) is 0 Å². The molecule has 246 valence electrons. The molecule has 0 fully saturated rings. The van der Waals surface area contributed by atoms with E-state index < -0.39 is 6.04 Å². The van der Waals surface area contributed by atoms with Crippen LogP contribution in [0.1, 0.15) is 194 Å². The molecule has 4 heteroatoms. The molecule has 1 unspecified atom stereocenters. The first-order valence-electron chi connectivity index (χ1n) is 18.5. The van der Waals surface area contributed by atoms with Crippen LogP contribution in [0, 0.1) is 0 Å². The van der Waals surface area contributed by atoms with E-state index in [0.717, 1.165) is 38.5 Å². The van der Waals surface area contributed by atoms with Crippen molar-refractivity contribution in [2.75, 3.05) is 6.54 Å². The van der Waals surface area contributed by atoms with E-state index in [9.17, 15) is 9.59 Å². The van der Waals surface area contributed by atoms with Crippen LogP contribution >= 0.6 is 0 Å². The molecule has 0 bridgehead atoms. The summed E-state index contributed by atoms with van der Waals surface area (Å²) in [7, 11) is 0. The summed E-state index contributed by atoms with van der Waals surface area (Å²) in [6, 6.07) is -0.391. The van der Waals surface area contributed by atoms with E-state index >= 15 is 0 Å². The lowest BCUT2D eigenvalue weighted by molar-refractivity contribution is -0.129. The highest BCUT2D eigenvalue weighted by Crippen LogP contribution is 2.12. The van der Waals surface area contributed by atoms with Crippen LogP contribution in [0.15, 0.2) is 24.3 Å². The smallest absolute Gasteiger partial charge is 0.242 e. The SMILES string of the molecule is CCCCCCCC/C=C\CCCCCCCC(=O)NC(CCCCCC/C=C\CCCCCCCC)C(=O)NCC. The van der Waals surface area contributed by atoms with Gasteiger partial charge in [0.05, 0.1) is 0 Å². The maximum atomic E-state index is 12.5. The van der Waals surface area contributed by atoms with Crippen molar-refractivity contribution in [2.45, 2.75) is 200 Å². The van der Waals surface area contributed by atoms with Gasteiger partial charge >= 0.3 is 0 Å². The Bertz CT molecular complexity index is 643. The highest BCUT2D eigenvalue weighted by Gasteiger charge is 2.19. The number of allylic oxidation sites excluding steroid dienone is 4. The number of hydrogen-bond acceptors (Lipinski definition) is 2. The molecular weight excluding hydrogens is 516 g/mol. The molecule has 0 rings (SSSR count). The summed E-state index contributed by atoms with van der Waals surface area (Å²) in [6.07, 6.45) is 42.0. The second-order valence-corrected chi connectivity index (χ2v) is 12.4. The molecular formula is C38H72N2O2. The molecule has 0 heterocycles. The maximum absolute atomic E-state index is 12.5. The molecule has 42 heavy (non-hydrogen) atoms. The van der Waals surface area contributed by atoms with Crippen LogP contribution in [0.4, 0.5) is 0 Å². The number of carbonyl (C=O) groups excluding carboxylic acids is 2. The average Bonchev–Trinajstić information content (AvgIpc) is 2.98. The normalized spacial score (nSPS) is 12.4.